The maximum absolute atomic E-state index is 13.9. The molecule has 0 bridgehead atoms. The number of ether oxygens (including phenoxy) is 1. The van der Waals surface area contributed by atoms with Crippen LogP contribution in [-0.4, -0.2) is 78.2 Å². The van der Waals surface area contributed by atoms with E-state index in [0.717, 1.165) is 19.3 Å². The van der Waals surface area contributed by atoms with Gasteiger partial charge < -0.3 is 31.3 Å². The van der Waals surface area contributed by atoms with Gasteiger partial charge in [-0.05, 0) is 35.5 Å². The largest absolute Gasteiger partial charge is 0.467 e. The number of esters is 1. The van der Waals surface area contributed by atoms with E-state index in [4.69, 9.17) is 10.5 Å². The molecule has 4 atom stereocenters. The van der Waals surface area contributed by atoms with Gasteiger partial charge >= 0.3 is 12.0 Å². The number of ketones is 1. The Morgan fingerprint density at radius 2 is 1.66 bits per heavy atom. The SMILES string of the molecule is COC(=O)C1(NC(=O)N[C@H](C(=O)N2C[C@H]3[C@@H]([C@H]2C(=O)NCC(=O)C(N)=O)C3(C)C)C(C)(C)C)CCCCC1. The van der Waals surface area contributed by atoms with E-state index in [9.17, 15) is 28.8 Å². The maximum Gasteiger partial charge on any atom is 0.331 e. The van der Waals surface area contributed by atoms with E-state index in [1.54, 1.807) is 20.8 Å². The summed E-state index contributed by atoms with van der Waals surface area (Å²) in [7, 11) is 1.28. The molecule has 5 amide bonds. The van der Waals surface area contributed by atoms with Crippen molar-refractivity contribution < 1.29 is 33.5 Å². The van der Waals surface area contributed by atoms with Crippen molar-refractivity contribution in [1.29, 1.82) is 0 Å². The van der Waals surface area contributed by atoms with E-state index in [1.807, 2.05) is 13.8 Å². The number of nitrogens with one attached hydrogen (secondary N) is 3. The lowest BCUT2D eigenvalue weighted by molar-refractivity contribution is -0.149. The molecule has 0 aromatic rings. The van der Waals surface area contributed by atoms with Crippen molar-refractivity contribution in [2.75, 3.05) is 20.2 Å². The molecular weight excluding hydrogens is 494 g/mol. The lowest BCUT2D eigenvalue weighted by atomic mass is 9.81. The van der Waals surface area contributed by atoms with Crippen LogP contribution >= 0.6 is 0 Å². The normalized spacial score (nSPS) is 25.8. The Hall–Kier alpha value is -3.18. The molecule has 0 aromatic carbocycles. The number of hydrogen-bond donors (Lipinski definition) is 4. The molecule has 212 valence electrons. The number of rotatable bonds is 8. The van der Waals surface area contributed by atoms with Gasteiger partial charge in [0.2, 0.25) is 17.6 Å². The molecule has 3 rings (SSSR count). The Morgan fingerprint density at radius 1 is 1.05 bits per heavy atom. The van der Waals surface area contributed by atoms with Crippen LogP contribution in [0.3, 0.4) is 0 Å². The van der Waals surface area contributed by atoms with Gasteiger partial charge in [0, 0.05) is 6.54 Å². The molecule has 3 aliphatic rings. The van der Waals surface area contributed by atoms with Crippen LogP contribution in [0.25, 0.3) is 0 Å². The second-order valence-corrected chi connectivity index (χ2v) is 12.4. The van der Waals surface area contributed by atoms with E-state index < -0.39 is 65.1 Å². The van der Waals surface area contributed by atoms with Gasteiger partial charge in [-0.2, -0.15) is 0 Å². The van der Waals surface area contributed by atoms with Gasteiger partial charge in [0.25, 0.3) is 5.91 Å². The molecule has 5 N–H and O–H groups in total. The number of carbonyl (C=O) groups excluding carboxylic acids is 6. The highest BCUT2D eigenvalue weighted by molar-refractivity contribution is 6.36. The number of methoxy groups -OCH3 is 1. The number of Topliss-reactive ketones (excluding diaryl/α,β-unsaturated/α-hetero) is 1. The van der Waals surface area contributed by atoms with E-state index in [1.165, 1.54) is 12.0 Å². The van der Waals surface area contributed by atoms with Crippen LogP contribution in [0.5, 0.6) is 0 Å². The number of urea groups is 1. The number of fused-ring (bicyclic) bond motifs is 1. The molecule has 0 radical (unpaired) electrons. The zero-order chi connectivity index (χ0) is 28.6. The van der Waals surface area contributed by atoms with E-state index >= 15 is 0 Å². The number of amides is 5. The number of carbonyl (C=O) groups is 6. The average molecular weight is 536 g/mol. The second-order valence-electron chi connectivity index (χ2n) is 12.4. The van der Waals surface area contributed by atoms with E-state index in [-0.39, 0.29) is 17.3 Å². The lowest BCUT2D eigenvalue weighted by Crippen LogP contribution is -2.64. The molecule has 12 nitrogen and oxygen atoms in total. The van der Waals surface area contributed by atoms with Crippen molar-refractivity contribution in [3.05, 3.63) is 0 Å². The van der Waals surface area contributed by atoms with Crippen LogP contribution in [0.2, 0.25) is 0 Å². The molecule has 0 unspecified atom stereocenters. The van der Waals surface area contributed by atoms with Crippen LogP contribution in [0.4, 0.5) is 4.79 Å². The van der Waals surface area contributed by atoms with Gasteiger partial charge in [0.15, 0.2) is 0 Å². The van der Waals surface area contributed by atoms with Crippen molar-refractivity contribution in [2.45, 2.75) is 84.3 Å². The third kappa shape index (κ3) is 5.63. The molecule has 2 saturated carbocycles. The lowest BCUT2D eigenvalue weighted by Gasteiger charge is -2.39. The van der Waals surface area contributed by atoms with Gasteiger partial charge in [-0.1, -0.05) is 53.9 Å². The van der Waals surface area contributed by atoms with Crippen molar-refractivity contribution in [1.82, 2.24) is 20.9 Å². The van der Waals surface area contributed by atoms with Crippen LogP contribution in [0, 0.1) is 22.7 Å². The third-order valence-corrected chi connectivity index (χ3v) is 8.48. The molecule has 3 fully saturated rings. The molecule has 2 aliphatic carbocycles. The van der Waals surface area contributed by atoms with Gasteiger partial charge in [-0.25, -0.2) is 9.59 Å². The average Bonchev–Trinajstić information content (AvgIpc) is 3.17. The number of nitrogens with two attached hydrogens (primary N) is 1. The maximum atomic E-state index is 13.9. The first kappa shape index (κ1) is 29.4. The van der Waals surface area contributed by atoms with Crippen molar-refractivity contribution in [3.63, 3.8) is 0 Å². The van der Waals surface area contributed by atoms with E-state index in [2.05, 4.69) is 16.0 Å². The summed E-state index contributed by atoms with van der Waals surface area (Å²) >= 11 is 0. The fraction of sp³-hybridized carbons (Fsp3) is 0.769. The summed E-state index contributed by atoms with van der Waals surface area (Å²) in [5.74, 6) is -3.64. The standard InChI is InChI=1S/C26H41N5O7/c1-24(2,3)18(29-23(37)30-26(22(36)38-6)10-8-7-9-11-26)21(35)31-13-14-16(25(14,4)5)17(31)20(34)28-12-15(32)19(27)33/h14,16-18H,7-13H2,1-6H3,(H2,27,33)(H,28,34)(H2,29,30,37)/t14-,16-,17-,18+/m0/s1. The minimum Gasteiger partial charge on any atom is -0.467 e. The Kier molecular flexibility index (Phi) is 8.14. The fourth-order valence-corrected chi connectivity index (χ4v) is 6.10. The van der Waals surface area contributed by atoms with Crippen molar-refractivity contribution in [2.24, 2.45) is 28.4 Å². The van der Waals surface area contributed by atoms with Crippen LogP contribution < -0.4 is 21.7 Å². The summed E-state index contributed by atoms with van der Waals surface area (Å²) in [6, 6.07) is -2.54. The van der Waals surface area contributed by atoms with Crippen molar-refractivity contribution in [3.8, 4) is 0 Å². The van der Waals surface area contributed by atoms with Gasteiger partial charge in [0.1, 0.15) is 17.6 Å². The molecule has 12 heteroatoms. The smallest absolute Gasteiger partial charge is 0.331 e. The molecule has 0 aromatic heterocycles. The minimum atomic E-state index is -1.16. The number of likely N-dealkylation sites (tertiary alicyclic amines) is 1. The quantitative estimate of drug-likeness (QED) is 0.254. The number of primary amides is 1. The third-order valence-electron chi connectivity index (χ3n) is 8.48. The zero-order valence-electron chi connectivity index (χ0n) is 23.1. The number of hydrogen-bond acceptors (Lipinski definition) is 7. The molecule has 0 spiro atoms. The summed E-state index contributed by atoms with van der Waals surface area (Å²) in [6.45, 7) is 9.20. The predicted octanol–water partition coefficient (Wildman–Crippen LogP) is 0.230. The van der Waals surface area contributed by atoms with E-state index in [0.29, 0.717) is 19.4 Å². The molecule has 1 aliphatic heterocycles. The summed E-state index contributed by atoms with van der Waals surface area (Å²) in [5, 5.41) is 7.99. The van der Waals surface area contributed by atoms with Gasteiger partial charge in [0.05, 0.1) is 13.7 Å². The van der Waals surface area contributed by atoms with Crippen molar-refractivity contribution >= 4 is 35.5 Å². The zero-order valence-corrected chi connectivity index (χ0v) is 23.1. The van der Waals surface area contributed by atoms with Gasteiger partial charge in [-0.3, -0.25) is 19.2 Å². The molecule has 1 saturated heterocycles. The van der Waals surface area contributed by atoms with Crippen LogP contribution in [0.15, 0.2) is 0 Å². The summed E-state index contributed by atoms with van der Waals surface area (Å²) in [5.41, 5.74) is 2.92. The highest BCUT2D eigenvalue weighted by atomic mass is 16.5. The highest BCUT2D eigenvalue weighted by Gasteiger charge is 2.69. The highest BCUT2D eigenvalue weighted by Crippen LogP contribution is 2.65. The number of piperidine rings is 1. The number of nitrogens with zero attached hydrogens (tertiary/aromatic N) is 1. The molecule has 38 heavy (non-hydrogen) atoms. The Balaban J connectivity index is 1.79. The fourth-order valence-electron chi connectivity index (χ4n) is 6.10. The second kappa shape index (κ2) is 10.5. The first-order valence-corrected chi connectivity index (χ1v) is 13.1. The van der Waals surface area contributed by atoms with Crippen LogP contribution in [0.1, 0.15) is 66.7 Å². The first-order chi connectivity index (χ1) is 17.6. The summed E-state index contributed by atoms with van der Waals surface area (Å²) in [6.07, 6.45) is 3.36. The predicted molar refractivity (Wildman–Crippen MR) is 136 cm³/mol. The minimum absolute atomic E-state index is 0.0771. The molecule has 1 heterocycles. The first-order valence-electron chi connectivity index (χ1n) is 13.1. The van der Waals surface area contributed by atoms with Gasteiger partial charge in [-0.15, -0.1) is 0 Å². The Morgan fingerprint density at radius 3 is 2.18 bits per heavy atom. The Labute approximate surface area is 223 Å². The summed E-state index contributed by atoms with van der Waals surface area (Å²) < 4.78 is 4.97. The Bertz CT molecular complexity index is 1010. The molecular formula is C26H41N5O7. The topological polar surface area (TPSA) is 177 Å². The van der Waals surface area contributed by atoms with Crippen LogP contribution in [-0.2, 0) is 28.7 Å². The monoisotopic (exact) mass is 535 g/mol. The summed E-state index contributed by atoms with van der Waals surface area (Å²) in [4.78, 5) is 77.0.